The summed E-state index contributed by atoms with van der Waals surface area (Å²) in [5, 5.41) is 3.92. The van der Waals surface area contributed by atoms with Gasteiger partial charge in [-0.3, -0.25) is 0 Å². The molecule has 2 aliphatic rings. The second-order valence-corrected chi connectivity index (χ2v) is 6.49. The molecule has 1 aliphatic heterocycles. The van der Waals surface area contributed by atoms with Crippen molar-refractivity contribution in [3.8, 4) is 5.75 Å². The standard InChI is InChI=1S/C18H27NO/c1-3-15(12-14-9-10-14)19-17-8-5-11-20-18-13(2)6-4-7-16(17)18/h4,6-7,14-15,17,19H,3,5,8-12H2,1-2H3. The molecule has 1 N–H and O–H groups in total. The number of ether oxygens (including phenoxy) is 1. The van der Waals surface area contributed by atoms with Gasteiger partial charge >= 0.3 is 0 Å². The first kappa shape index (κ1) is 13.9. The second kappa shape index (κ2) is 6.17. The Kier molecular flexibility index (Phi) is 4.30. The van der Waals surface area contributed by atoms with Crippen molar-refractivity contribution in [2.45, 2.75) is 64.5 Å². The van der Waals surface area contributed by atoms with Crippen molar-refractivity contribution in [1.29, 1.82) is 0 Å². The molecule has 0 spiro atoms. The molecule has 3 rings (SSSR count). The van der Waals surface area contributed by atoms with Crippen LogP contribution in [0.15, 0.2) is 18.2 Å². The van der Waals surface area contributed by atoms with E-state index in [1.807, 2.05) is 0 Å². The minimum absolute atomic E-state index is 0.469. The topological polar surface area (TPSA) is 21.3 Å². The Labute approximate surface area is 122 Å². The highest BCUT2D eigenvalue weighted by molar-refractivity contribution is 5.43. The lowest BCUT2D eigenvalue weighted by molar-refractivity contribution is 0.311. The average molecular weight is 273 g/mol. The van der Waals surface area contributed by atoms with Crippen LogP contribution >= 0.6 is 0 Å². The van der Waals surface area contributed by atoms with Gasteiger partial charge in [-0.25, -0.2) is 0 Å². The van der Waals surface area contributed by atoms with Gasteiger partial charge in [-0.05, 0) is 44.1 Å². The minimum atomic E-state index is 0.469. The van der Waals surface area contributed by atoms with E-state index in [1.165, 1.54) is 43.2 Å². The van der Waals surface area contributed by atoms with Gasteiger partial charge < -0.3 is 10.1 Å². The van der Waals surface area contributed by atoms with E-state index in [1.54, 1.807) is 0 Å². The molecule has 2 unspecified atom stereocenters. The summed E-state index contributed by atoms with van der Waals surface area (Å²) >= 11 is 0. The summed E-state index contributed by atoms with van der Waals surface area (Å²) in [6, 6.07) is 7.70. The fourth-order valence-corrected chi connectivity index (χ4v) is 3.33. The van der Waals surface area contributed by atoms with Crippen LogP contribution in [0, 0.1) is 12.8 Å². The molecule has 1 aromatic rings. The summed E-state index contributed by atoms with van der Waals surface area (Å²) in [5.41, 5.74) is 2.64. The highest BCUT2D eigenvalue weighted by atomic mass is 16.5. The van der Waals surface area contributed by atoms with Crippen LogP contribution in [0.1, 0.15) is 62.6 Å². The van der Waals surface area contributed by atoms with Gasteiger partial charge in [-0.2, -0.15) is 0 Å². The average Bonchev–Trinajstić information content (AvgIpc) is 3.27. The number of benzene rings is 1. The normalized spacial score (nSPS) is 23.6. The smallest absolute Gasteiger partial charge is 0.126 e. The number of hydrogen-bond acceptors (Lipinski definition) is 2. The third-order valence-corrected chi connectivity index (χ3v) is 4.75. The predicted octanol–water partition coefficient (Wildman–Crippen LogP) is 4.38. The molecule has 110 valence electrons. The van der Waals surface area contributed by atoms with Crippen LogP contribution in [0.2, 0.25) is 0 Å². The highest BCUT2D eigenvalue weighted by Gasteiger charge is 2.28. The Hall–Kier alpha value is -1.02. The monoisotopic (exact) mass is 273 g/mol. The molecule has 0 radical (unpaired) electrons. The van der Waals surface area contributed by atoms with Crippen LogP contribution in [0.3, 0.4) is 0 Å². The molecule has 2 atom stereocenters. The zero-order valence-electron chi connectivity index (χ0n) is 12.8. The van der Waals surface area contributed by atoms with E-state index in [0.717, 1.165) is 24.7 Å². The van der Waals surface area contributed by atoms with Gasteiger partial charge in [0.2, 0.25) is 0 Å². The van der Waals surface area contributed by atoms with Crippen molar-refractivity contribution in [1.82, 2.24) is 5.32 Å². The lowest BCUT2D eigenvalue weighted by Crippen LogP contribution is -2.32. The molecule has 0 saturated heterocycles. The van der Waals surface area contributed by atoms with Crippen molar-refractivity contribution in [2.75, 3.05) is 6.61 Å². The third-order valence-electron chi connectivity index (χ3n) is 4.75. The van der Waals surface area contributed by atoms with E-state index < -0.39 is 0 Å². The van der Waals surface area contributed by atoms with Gasteiger partial charge in [-0.15, -0.1) is 0 Å². The third kappa shape index (κ3) is 3.17. The second-order valence-electron chi connectivity index (χ2n) is 6.49. The number of fused-ring (bicyclic) bond motifs is 1. The predicted molar refractivity (Wildman–Crippen MR) is 83.2 cm³/mol. The van der Waals surface area contributed by atoms with Gasteiger partial charge in [0.05, 0.1) is 6.61 Å². The maximum atomic E-state index is 5.98. The SMILES string of the molecule is CCC(CC1CC1)NC1CCCOc2c(C)cccc21. The lowest BCUT2D eigenvalue weighted by Gasteiger charge is -2.25. The Morgan fingerprint density at radius 3 is 2.90 bits per heavy atom. The number of rotatable bonds is 5. The van der Waals surface area contributed by atoms with Crippen molar-refractivity contribution < 1.29 is 4.74 Å². The fraction of sp³-hybridized carbons (Fsp3) is 0.667. The number of hydrogen-bond donors (Lipinski definition) is 1. The van der Waals surface area contributed by atoms with E-state index in [9.17, 15) is 0 Å². The van der Waals surface area contributed by atoms with Gasteiger partial charge in [0.15, 0.2) is 0 Å². The molecule has 0 aromatic heterocycles. The van der Waals surface area contributed by atoms with E-state index >= 15 is 0 Å². The van der Waals surface area contributed by atoms with Crippen LogP contribution < -0.4 is 10.1 Å². The van der Waals surface area contributed by atoms with Crippen LogP contribution in [0.25, 0.3) is 0 Å². The Morgan fingerprint density at radius 1 is 1.30 bits per heavy atom. The number of para-hydroxylation sites is 1. The molecule has 1 aliphatic carbocycles. The minimum Gasteiger partial charge on any atom is -0.493 e. The fourth-order valence-electron chi connectivity index (χ4n) is 3.33. The van der Waals surface area contributed by atoms with E-state index in [2.05, 4.69) is 37.4 Å². The molecular weight excluding hydrogens is 246 g/mol. The molecule has 0 amide bonds. The molecular formula is C18H27NO. The maximum absolute atomic E-state index is 5.98. The zero-order chi connectivity index (χ0) is 13.9. The molecule has 0 bridgehead atoms. The van der Waals surface area contributed by atoms with Crippen LogP contribution in [0.4, 0.5) is 0 Å². The van der Waals surface area contributed by atoms with Gasteiger partial charge in [-0.1, -0.05) is 38.0 Å². The van der Waals surface area contributed by atoms with Crippen molar-refractivity contribution >= 4 is 0 Å². The van der Waals surface area contributed by atoms with Gasteiger partial charge in [0, 0.05) is 17.6 Å². The first-order valence-corrected chi connectivity index (χ1v) is 8.26. The first-order chi connectivity index (χ1) is 9.78. The van der Waals surface area contributed by atoms with E-state index in [4.69, 9.17) is 4.74 Å². The van der Waals surface area contributed by atoms with Crippen LogP contribution in [-0.4, -0.2) is 12.6 Å². The quantitative estimate of drug-likeness (QED) is 0.859. The van der Waals surface area contributed by atoms with E-state index in [0.29, 0.717) is 12.1 Å². The van der Waals surface area contributed by atoms with Gasteiger partial charge in [0.1, 0.15) is 5.75 Å². The Balaban J connectivity index is 1.76. The molecule has 2 nitrogen and oxygen atoms in total. The molecule has 1 saturated carbocycles. The summed E-state index contributed by atoms with van der Waals surface area (Å²) in [7, 11) is 0. The first-order valence-electron chi connectivity index (χ1n) is 8.26. The molecule has 20 heavy (non-hydrogen) atoms. The number of nitrogens with one attached hydrogen (secondary N) is 1. The number of aryl methyl sites for hydroxylation is 1. The Morgan fingerprint density at radius 2 is 2.15 bits per heavy atom. The summed E-state index contributed by atoms with van der Waals surface area (Å²) in [6.07, 6.45) is 7.82. The summed E-state index contributed by atoms with van der Waals surface area (Å²) in [4.78, 5) is 0. The maximum Gasteiger partial charge on any atom is 0.126 e. The van der Waals surface area contributed by atoms with Crippen molar-refractivity contribution in [3.63, 3.8) is 0 Å². The zero-order valence-corrected chi connectivity index (χ0v) is 12.8. The molecule has 1 fully saturated rings. The van der Waals surface area contributed by atoms with E-state index in [-0.39, 0.29) is 0 Å². The summed E-state index contributed by atoms with van der Waals surface area (Å²) in [6.45, 7) is 5.32. The molecule has 1 heterocycles. The van der Waals surface area contributed by atoms with Crippen molar-refractivity contribution in [2.24, 2.45) is 5.92 Å². The summed E-state index contributed by atoms with van der Waals surface area (Å²) in [5.74, 6) is 2.12. The molecule has 1 aromatic carbocycles. The summed E-state index contributed by atoms with van der Waals surface area (Å²) < 4.78 is 5.98. The van der Waals surface area contributed by atoms with Crippen molar-refractivity contribution in [3.05, 3.63) is 29.3 Å². The lowest BCUT2D eigenvalue weighted by atomic mass is 9.97. The van der Waals surface area contributed by atoms with Crippen LogP contribution in [-0.2, 0) is 0 Å². The van der Waals surface area contributed by atoms with Crippen LogP contribution in [0.5, 0.6) is 5.75 Å². The highest BCUT2D eigenvalue weighted by Crippen LogP contribution is 2.37. The largest absolute Gasteiger partial charge is 0.493 e. The van der Waals surface area contributed by atoms with Gasteiger partial charge in [0.25, 0.3) is 0 Å². The Bertz CT molecular complexity index is 453. The molecule has 2 heteroatoms.